The van der Waals surface area contributed by atoms with Gasteiger partial charge in [-0.15, -0.1) is 0 Å². The zero-order valence-electron chi connectivity index (χ0n) is 11.5. The smallest absolute Gasteiger partial charge is 0.273 e. The number of aromatic amines is 1. The van der Waals surface area contributed by atoms with Gasteiger partial charge in [0.2, 0.25) is 10.0 Å². The fourth-order valence-electron chi connectivity index (χ4n) is 1.69. The van der Waals surface area contributed by atoms with E-state index in [-0.39, 0.29) is 28.2 Å². The minimum atomic E-state index is -3.98. The highest BCUT2D eigenvalue weighted by Gasteiger charge is 2.26. The summed E-state index contributed by atoms with van der Waals surface area (Å²) < 4.78 is 22.9. The Hall–Kier alpha value is -1.41. The molecule has 0 saturated carbocycles. The minimum absolute atomic E-state index is 0.0807. The first-order valence-electron chi connectivity index (χ1n) is 6.07. The molecule has 7 nitrogen and oxygen atoms in total. The number of aromatic nitrogens is 2. The molecule has 1 aromatic heterocycles. The molecule has 0 saturated heterocycles. The molecule has 1 amide bonds. The molecule has 2 unspecified atom stereocenters. The lowest BCUT2D eigenvalue weighted by molar-refractivity contribution is 0.0919. The monoisotopic (exact) mass is 288 g/mol. The highest BCUT2D eigenvalue weighted by atomic mass is 32.2. The predicted molar refractivity (Wildman–Crippen MR) is 71.1 cm³/mol. The molecule has 0 fully saturated rings. The number of amides is 1. The van der Waals surface area contributed by atoms with Gasteiger partial charge in [-0.25, -0.2) is 13.6 Å². The molecule has 108 valence electrons. The molecule has 1 aromatic rings. The fraction of sp³-hybridized carbons (Fsp3) is 0.636. The summed E-state index contributed by atoms with van der Waals surface area (Å²) in [7, 11) is -3.98. The SMILES string of the molecule is CCC(C)C(C)NC(=O)c1n[nH]c(C)c1S(N)(=O)=O. The van der Waals surface area contributed by atoms with E-state index < -0.39 is 15.9 Å². The van der Waals surface area contributed by atoms with Gasteiger partial charge in [0.05, 0.1) is 5.69 Å². The van der Waals surface area contributed by atoms with Crippen molar-refractivity contribution >= 4 is 15.9 Å². The zero-order chi connectivity index (χ0) is 14.8. The van der Waals surface area contributed by atoms with Gasteiger partial charge in [-0.05, 0) is 19.8 Å². The van der Waals surface area contributed by atoms with E-state index in [1.807, 2.05) is 20.8 Å². The molecular weight excluding hydrogens is 268 g/mol. The van der Waals surface area contributed by atoms with Crippen LogP contribution >= 0.6 is 0 Å². The lowest BCUT2D eigenvalue weighted by Crippen LogP contribution is -2.37. The maximum Gasteiger partial charge on any atom is 0.273 e. The Kier molecular flexibility index (Phi) is 4.70. The van der Waals surface area contributed by atoms with Gasteiger partial charge in [-0.3, -0.25) is 9.89 Å². The highest BCUT2D eigenvalue weighted by Crippen LogP contribution is 2.16. The first-order chi connectivity index (χ1) is 8.68. The van der Waals surface area contributed by atoms with Crippen LogP contribution < -0.4 is 10.5 Å². The van der Waals surface area contributed by atoms with E-state index in [9.17, 15) is 13.2 Å². The molecule has 0 bridgehead atoms. The first kappa shape index (κ1) is 15.6. The van der Waals surface area contributed by atoms with Crippen LogP contribution in [-0.4, -0.2) is 30.6 Å². The molecule has 0 spiro atoms. The number of sulfonamides is 1. The standard InChI is InChI=1S/C11H20N4O3S/c1-5-6(2)7(3)13-11(16)9-10(19(12,17)18)8(4)14-15-9/h6-7H,5H2,1-4H3,(H,13,16)(H,14,15)(H2,12,17,18). The van der Waals surface area contributed by atoms with Crippen LogP contribution in [0, 0.1) is 12.8 Å². The van der Waals surface area contributed by atoms with Gasteiger partial charge < -0.3 is 5.32 Å². The third kappa shape index (κ3) is 3.54. The van der Waals surface area contributed by atoms with Crippen LogP contribution in [0.25, 0.3) is 0 Å². The Morgan fingerprint density at radius 3 is 2.53 bits per heavy atom. The molecule has 1 heterocycles. The summed E-state index contributed by atoms with van der Waals surface area (Å²) in [6, 6.07) is -0.0807. The number of nitrogens with two attached hydrogens (primary N) is 1. The largest absolute Gasteiger partial charge is 0.348 e. The third-order valence-corrected chi connectivity index (χ3v) is 4.32. The lowest BCUT2D eigenvalue weighted by atomic mass is 10.0. The summed E-state index contributed by atoms with van der Waals surface area (Å²) >= 11 is 0. The number of rotatable bonds is 5. The van der Waals surface area contributed by atoms with Crippen LogP contribution in [0.2, 0.25) is 0 Å². The number of primary sulfonamides is 1. The van der Waals surface area contributed by atoms with Crippen molar-refractivity contribution in [2.24, 2.45) is 11.1 Å². The second-order valence-corrected chi connectivity index (χ2v) is 6.22. The van der Waals surface area contributed by atoms with E-state index in [0.29, 0.717) is 0 Å². The van der Waals surface area contributed by atoms with Crippen molar-refractivity contribution < 1.29 is 13.2 Å². The van der Waals surface area contributed by atoms with E-state index in [1.165, 1.54) is 6.92 Å². The Morgan fingerprint density at radius 1 is 1.47 bits per heavy atom. The Bertz CT molecular complexity index is 564. The summed E-state index contributed by atoms with van der Waals surface area (Å²) in [5, 5.41) is 14.0. The molecule has 8 heteroatoms. The molecule has 0 aliphatic heterocycles. The van der Waals surface area contributed by atoms with Gasteiger partial charge in [-0.1, -0.05) is 20.3 Å². The number of aryl methyl sites for hydroxylation is 1. The Morgan fingerprint density at radius 2 is 2.05 bits per heavy atom. The summed E-state index contributed by atoms with van der Waals surface area (Å²) in [6.45, 7) is 7.38. The number of carbonyl (C=O) groups is 1. The molecule has 19 heavy (non-hydrogen) atoms. The maximum atomic E-state index is 12.0. The first-order valence-corrected chi connectivity index (χ1v) is 7.61. The average molecular weight is 288 g/mol. The summed E-state index contributed by atoms with van der Waals surface area (Å²) in [5.41, 5.74) is 0.0685. The molecule has 1 rings (SSSR count). The van der Waals surface area contributed by atoms with E-state index in [1.54, 1.807) is 0 Å². The molecule has 0 radical (unpaired) electrons. The Labute approximate surface area is 113 Å². The van der Waals surface area contributed by atoms with Crippen molar-refractivity contribution in [3.05, 3.63) is 11.4 Å². The average Bonchev–Trinajstić information content (AvgIpc) is 2.69. The zero-order valence-corrected chi connectivity index (χ0v) is 12.3. The van der Waals surface area contributed by atoms with E-state index in [0.717, 1.165) is 6.42 Å². The normalized spacial score (nSPS) is 15.0. The fourth-order valence-corrected chi connectivity index (χ4v) is 2.57. The predicted octanol–water partition coefficient (Wildman–Crippen LogP) is 0.530. The van der Waals surface area contributed by atoms with E-state index in [4.69, 9.17) is 5.14 Å². The summed E-state index contributed by atoms with van der Waals surface area (Å²) in [5.74, 6) is -0.261. The van der Waals surface area contributed by atoms with Crippen molar-refractivity contribution in [2.45, 2.75) is 45.1 Å². The number of H-pyrrole nitrogens is 1. The van der Waals surface area contributed by atoms with Crippen molar-refractivity contribution in [3.8, 4) is 0 Å². The molecule has 0 aliphatic carbocycles. The van der Waals surface area contributed by atoms with Crippen LogP contribution in [-0.2, 0) is 10.0 Å². The van der Waals surface area contributed by atoms with Gasteiger partial charge >= 0.3 is 0 Å². The van der Waals surface area contributed by atoms with Gasteiger partial charge in [0.1, 0.15) is 4.90 Å². The quantitative estimate of drug-likeness (QED) is 0.732. The lowest BCUT2D eigenvalue weighted by Gasteiger charge is -2.19. The summed E-state index contributed by atoms with van der Waals surface area (Å²) in [4.78, 5) is 11.8. The van der Waals surface area contributed by atoms with Gasteiger partial charge in [-0.2, -0.15) is 5.10 Å². The number of hydrogen-bond donors (Lipinski definition) is 3. The van der Waals surface area contributed by atoms with E-state index >= 15 is 0 Å². The number of hydrogen-bond acceptors (Lipinski definition) is 4. The second kappa shape index (κ2) is 5.70. The van der Waals surface area contributed by atoms with Crippen LogP contribution in [0.4, 0.5) is 0 Å². The van der Waals surface area contributed by atoms with Gasteiger partial charge in [0.15, 0.2) is 5.69 Å². The molecular formula is C11H20N4O3S. The highest BCUT2D eigenvalue weighted by molar-refractivity contribution is 7.89. The van der Waals surface area contributed by atoms with Crippen molar-refractivity contribution in [1.82, 2.24) is 15.5 Å². The number of nitrogens with zero attached hydrogens (tertiary/aromatic N) is 1. The minimum Gasteiger partial charge on any atom is -0.348 e. The van der Waals surface area contributed by atoms with Gasteiger partial charge in [0, 0.05) is 6.04 Å². The molecule has 0 aliphatic rings. The van der Waals surface area contributed by atoms with Crippen molar-refractivity contribution in [2.75, 3.05) is 0 Å². The van der Waals surface area contributed by atoms with E-state index in [2.05, 4.69) is 15.5 Å². The summed E-state index contributed by atoms with van der Waals surface area (Å²) in [6.07, 6.45) is 0.906. The van der Waals surface area contributed by atoms with Crippen LogP contribution in [0.15, 0.2) is 4.90 Å². The maximum absolute atomic E-state index is 12.0. The number of carbonyl (C=O) groups excluding carboxylic acids is 1. The molecule has 2 atom stereocenters. The van der Waals surface area contributed by atoms with Gasteiger partial charge in [0.25, 0.3) is 5.91 Å². The number of nitrogens with one attached hydrogen (secondary N) is 2. The van der Waals surface area contributed by atoms with Crippen LogP contribution in [0.5, 0.6) is 0 Å². The molecule has 4 N–H and O–H groups in total. The topological polar surface area (TPSA) is 118 Å². The Balaban J connectivity index is 3.03. The van der Waals surface area contributed by atoms with Crippen molar-refractivity contribution in [1.29, 1.82) is 0 Å². The third-order valence-electron chi connectivity index (χ3n) is 3.25. The molecule has 0 aromatic carbocycles. The van der Waals surface area contributed by atoms with Crippen LogP contribution in [0.3, 0.4) is 0 Å². The van der Waals surface area contributed by atoms with Crippen LogP contribution in [0.1, 0.15) is 43.4 Å². The second-order valence-electron chi connectivity index (χ2n) is 4.72. The van der Waals surface area contributed by atoms with Crippen molar-refractivity contribution in [3.63, 3.8) is 0 Å².